The SMILES string of the molecule is C[C@@H](N)C1C2CC3CC(C)(C2)CC1(C)C3. The van der Waals surface area contributed by atoms with Crippen LogP contribution in [-0.2, 0) is 0 Å². The molecular formula is C14H25N. The molecule has 0 aromatic carbocycles. The van der Waals surface area contributed by atoms with Gasteiger partial charge in [-0.25, -0.2) is 0 Å². The van der Waals surface area contributed by atoms with Crippen molar-refractivity contribution in [2.45, 2.75) is 58.9 Å². The van der Waals surface area contributed by atoms with Gasteiger partial charge in [0.1, 0.15) is 0 Å². The molecule has 2 N–H and O–H groups in total. The van der Waals surface area contributed by atoms with Crippen LogP contribution in [0.2, 0.25) is 0 Å². The molecule has 0 saturated heterocycles. The van der Waals surface area contributed by atoms with Crippen LogP contribution in [-0.4, -0.2) is 6.04 Å². The van der Waals surface area contributed by atoms with Crippen LogP contribution in [0.3, 0.4) is 0 Å². The topological polar surface area (TPSA) is 26.0 Å². The summed E-state index contributed by atoms with van der Waals surface area (Å²) in [6.07, 6.45) is 7.36. The van der Waals surface area contributed by atoms with Crippen molar-refractivity contribution in [3.05, 3.63) is 0 Å². The number of rotatable bonds is 1. The molecule has 1 heteroatoms. The van der Waals surface area contributed by atoms with Crippen molar-refractivity contribution in [3.8, 4) is 0 Å². The minimum absolute atomic E-state index is 0.406. The fourth-order valence-corrected chi connectivity index (χ4v) is 6.18. The zero-order valence-corrected chi connectivity index (χ0v) is 10.4. The van der Waals surface area contributed by atoms with E-state index in [4.69, 9.17) is 5.73 Å². The second kappa shape index (κ2) is 2.80. The Morgan fingerprint density at radius 3 is 2.47 bits per heavy atom. The summed E-state index contributed by atoms with van der Waals surface area (Å²) in [4.78, 5) is 0. The summed E-state index contributed by atoms with van der Waals surface area (Å²) in [5.41, 5.74) is 7.50. The minimum atomic E-state index is 0.406. The second-order valence-corrected chi connectivity index (χ2v) is 7.50. The molecule has 4 saturated carbocycles. The highest BCUT2D eigenvalue weighted by Gasteiger charge is 2.59. The van der Waals surface area contributed by atoms with Gasteiger partial charge in [0.15, 0.2) is 0 Å². The molecule has 4 fully saturated rings. The molecule has 5 unspecified atom stereocenters. The van der Waals surface area contributed by atoms with Gasteiger partial charge in [0.25, 0.3) is 0 Å². The van der Waals surface area contributed by atoms with E-state index in [1.807, 2.05) is 0 Å². The van der Waals surface area contributed by atoms with Gasteiger partial charge >= 0.3 is 0 Å². The van der Waals surface area contributed by atoms with Crippen molar-refractivity contribution in [3.63, 3.8) is 0 Å². The fraction of sp³-hybridized carbons (Fsp3) is 1.00. The quantitative estimate of drug-likeness (QED) is 0.702. The lowest BCUT2D eigenvalue weighted by atomic mass is 9.40. The number of hydrogen-bond acceptors (Lipinski definition) is 1. The van der Waals surface area contributed by atoms with E-state index >= 15 is 0 Å². The summed E-state index contributed by atoms with van der Waals surface area (Å²) >= 11 is 0. The van der Waals surface area contributed by atoms with E-state index < -0.39 is 0 Å². The van der Waals surface area contributed by atoms with Gasteiger partial charge in [-0.05, 0) is 67.6 Å². The Labute approximate surface area is 93.8 Å². The molecule has 1 nitrogen and oxygen atoms in total. The summed E-state index contributed by atoms with van der Waals surface area (Å²) in [6, 6.07) is 0.406. The van der Waals surface area contributed by atoms with E-state index in [2.05, 4.69) is 20.8 Å². The van der Waals surface area contributed by atoms with Gasteiger partial charge in [-0.15, -0.1) is 0 Å². The molecule has 0 aliphatic heterocycles. The first kappa shape index (κ1) is 10.1. The Balaban J connectivity index is 1.97. The van der Waals surface area contributed by atoms with E-state index in [-0.39, 0.29) is 0 Å². The molecule has 4 aliphatic rings. The van der Waals surface area contributed by atoms with Crippen LogP contribution in [0.25, 0.3) is 0 Å². The molecule has 0 heterocycles. The van der Waals surface area contributed by atoms with Crippen LogP contribution >= 0.6 is 0 Å². The predicted octanol–water partition coefficient (Wildman–Crippen LogP) is 3.19. The molecule has 0 aromatic rings. The van der Waals surface area contributed by atoms with Gasteiger partial charge in [0.05, 0.1) is 0 Å². The minimum Gasteiger partial charge on any atom is -0.328 e. The zero-order valence-electron chi connectivity index (χ0n) is 10.4. The smallest absolute Gasteiger partial charge is 0.00466 e. The highest BCUT2D eigenvalue weighted by Crippen LogP contribution is 2.67. The lowest BCUT2D eigenvalue weighted by Gasteiger charge is -2.65. The van der Waals surface area contributed by atoms with Crippen molar-refractivity contribution < 1.29 is 0 Å². The van der Waals surface area contributed by atoms with Crippen LogP contribution in [0.15, 0.2) is 0 Å². The molecule has 0 aromatic heterocycles. The Morgan fingerprint density at radius 1 is 1.20 bits per heavy atom. The lowest BCUT2D eigenvalue weighted by molar-refractivity contribution is -0.145. The highest BCUT2D eigenvalue weighted by molar-refractivity contribution is 5.09. The third kappa shape index (κ3) is 1.32. The van der Waals surface area contributed by atoms with Gasteiger partial charge in [-0.2, -0.15) is 0 Å². The molecule has 86 valence electrons. The van der Waals surface area contributed by atoms with Crippen molar-refractivity contribution >= 4 is 0 Å². The number of hydrogen-bond donors (Lipinski definition) is 1. The van der Waals surface area contributed by atoms with Crippen molar-refractivity contribution in [2.75, 3.05) is 0 Å². The number of nitrogens with two attached hydrogens (primary N) is 1. The van der Waals surface area contributed by atoms with Crippen molar-refractivity contribution in [2.24, 2.45) is 34.3 Å². The Bertz CT molecular complexity index is 285. The van der Waals surface area contributed by atoms with Crippen LogP contribution in [0.5, 0.6) is 0 Å². The van der Waals surface area contributed by atoms with Gasteiger partial charge < -0.3 is 5.73 Å². The largest absolute Gasteiger partial charge is 0.328 e. The Morgan fingerprint density at radius 2 is 1.93 bits per heavy atom. The molecule has 4 aliphatic carbocycles. The van der Waals surface area contributed by atoms with Gasteiger partial charge in [-0.3, -0.25) is 0 Å². The van der Waals surface area contributed by atoms with Crippen LogP contribution in [0.4, 0.5) is 0 Å². The fourth-order valence-electron chi connectivity index (χ4n) is 6.18. The molecule has 15 heavy (non-hydrogen) atoms. The molecule has 4 bridgehead atoms. The molecule has 0 radical (unpaired) electrons. The zero-order chi connectivity index (χ0) is 10.8. The highest BCUT2D eigenvalue weighted by atomic mass is 14.7. The van der Waals surface area contributed by atoms with E-state index in [0.717, 1.165) is 17.8 Å². The second-order valence-electron chi connectivity index (χ2n) is 7.50. The Kier molecular flexibility index (Phi) is 1.89. The molecular weight excluding hydrogens is 182 g/mol. The van der Waals surface area contributed by atoms with Gasteiger partial charge in [-0.1, -0.05) is 13.8 Å². The average Bonchev–Trinajstić information content (AvgIpc) is 1.94. The maximum absolute atomic E-state index is 6.25. The van der Waals surface area contributed by atoms with Gasteiger partial charge in [0, 0.05) is 6.04 Å². The van der Waals surface area contributed by atoms with Gasteiger partial charge in [0.2, 0.25) is 0 Å². The monoisotopic (exact) mass is 207 g/mol. The molecule has 0 spiro atoms. The molecule has 4 rings (SSSR count). The summed E-state index contributed by atoms with van der Waals surface area (Å²) in [6.45, 7) is 7.29. The van der Waals surface area contributed by atoms with Crippen LogP contribution < -0.4 is 5.73 Å². The van der Waals surface area contributed by atoms with Crippen molar-refractivity contribution in [1.82, 2.24) is 0 Å². The maximum atomic E-state index is 6.25. The molecule has 0 amide bonds. The van der Waals surface area contributed by atoms with E-state index in [0.29, 0.717) is 16.9 Å². The third-order valence-corrected chi connectivity index (χ3v) is 5.64. The average molecular weight is 207 g/mol. The third-order valence-electron chi connectivity index (χ3n) is 5.64. The predicted molar refractivity (Wildman–Crippen MR) is 63.4 cm³/mol. The normalized spacial score (nSPS) is 59.6. The molecule has 6 atom stereocenters. The van der Waals surface area contributed by atoms with Crippen molar-refractivity contribution in [1.29, 1.82) is 0 Å². The van der Waals surface area contributed by atoms with E-state index in [1.54, 1.807) is 0 Å². The summed E-state index contributed by atoms with van der Waals surface area (Å²) in [7, 11) is 0. The van der Waals surface area contributed by atoms with Crippen LogP contribution in [0, 0.1) is 28.6 Å². The standard InChI is InChI=1S/C14H25N/c1-9(15)12-11-4-10-5-13(2,7-11)8-14(12,3)6-10/h9-12H,4-8,15H2,1-3H3/t9-,10?,11?,12?,13?,14?/m1/s1. The Hall–Kier alpha value is -0.0400. The first-order chi connectivity index (χ1) is 6.92. The summed E-state index contributed by atoms with van der Waals surface area (Å²) < 4.78 is 0. The van der Waals surface area contributed by atoms with E-state index in [1.165, 1.54) is 32.1 Å². The van der Waals surface area contributed by atoms with Crippen LogP contribution in [0.1, 0.15) is 52.9 Å². The first-order valence-corrected chi connectivity index (χ1v) is 6.68. The lowest BCUT2D eigenvalue weighted by Crippen LogP contribution is -2.59. The maximum Gasteiger partial charge on any atom is 0.00466 e. The van der Waals surface area contributed by atoms with E-state index in [9.17, 15) is 0 Å². The summed E-state index contributed by atoms with van der Waals surface area (Å²) in [5, 5.41) is 0. The summed E-state index contributed by atoms with van der Waals surface area (Å²) in [5.74, 6) is 2.78. The first-order valence-electron chi connectivity index (χ1n) is 6.68.